The molecule has 0 bridgehead atoms. The molecule has 0 spiro atoms. The van der Waals surface area contributed by atoms with Crippen LogP contribution in [0.1, 0.15) is 42.1 Å². The van der Waals surface area contributed by atoms with Gasteiger partial charge in [0, 0.05) is 5.56 Å². The van der Waals surface area contributed by atoms with Gasteiger partial charge in [-0.25, -0.2) is 18.6 Å². The first-order valence-electron chi connectivity index (χ1n) is 15.0. The lowest BCUT2D eigenvalue weighted by Gasteiger charge is -2.25. The summed E-state index contributed by atoms with van der Waals surface area (Å²) in [6.45, 7) is 4.29. The van der Waals surface area contributed by atoms with Gasteiger partial charge in [0.2, 0.25) is 0 Å². The van der Waals surface area contributed by atoms with Gasteiger partial charge in [0.1, 0.15) is 18.2 Å². The quantitative estimate of drug-likeness (QED) is 0.168. The van der Waals surface area contributed by atoms with E-state index in [4.69, 9.17) is 19.2 Å². The molecule has 0 radical (unpaired) electrons. The first-order valence-corrected chi connectivity index (χ1v) is 15.9. The highest BCUT2D eigenvalue weighted by Gasteiger charge is 2.35. The van der Waals surface area contributed by atoms with Crippen molar-refractivity contribution in [3.63, 3.8) is 0 Å². The van der Waals surface area contributed by atoms with Crippen LogP contribution < -0.4 is 24.4 Å². The lowest BCUT2D eigenvalue weighted by molar-refractivity contribution is -0.138. The van der Waals surface area contributed by atoms with E-state index in [-0.39, 0.29) is 30.2 Å². The summed E-state index contributed by atoms with van der Waals surface area (Å²) in [5.74, 6) is -0.401. The van der Waals surface area contributed by atoms with Crippen molar-refractivity contribution in [1.82, 2.24) is 4.57 Å². The molecule has 0 saturated carbocycles. The second-order valence-electron chi connectivity index (χ2n) is 10.5. The fourth-order valence-electron chi connectivity index (χ4n) is 5.30. The van der Waals surface area contributed by atoms with Crippen LogP contribution in [0.3, 0.4) is 0 Å². The molecule has 47 heavy (non-hydrogen) atoms. The van der Waals surface area contributed by atoms with E-state index in [0.717, 1.165) is 5.56 Å². The lowest BCUT2D eigenvalue weighted by atomic mass is 9.93. The van der Waals surface area contributed by atoms with E-state index in [2.05, 4.69) is 0 Å². The summed E-state index contributed by atoms with van der Waals surface area (Å²) in [6, 6.07) is 25.4. The summed E-state index contributed by atoms with van der Waals surface area (Å²) in [4.78, 5) is 32.9. The predicted octanol–water partition coefficient (Wildman–Crippen LogP) is 6.19. The van der Waals surface area contributed by atoms with Crippen molar-refractivity contribution >= 4 is 29.1 Å². The summed E-state index contributed by atoms with van der Waals surface area (Å²) in [6.07, 6.45) is 1.73. The van der Waals surface area contributed by atoms with E-state index >= 15 is 0 Å². The third-order valence-electron chi connectivity index (χ3n) is 7.43. The van der Waals surface area contributed by atoms with Gasteiger partial charge in [0.25, 0.3) is 5.56 Å². The zero-order valence-electron chi connectivity index (χ0n) is 25.6. The zero-order chi connectivity index (χ0) is 32.9. The molecular formula is C37H30F2N2O5S. The summed E-state index contributed by atoms with van der Waals surface area (Å²) < 4.78 is 46.5. The van der Waals surface area contributed by atoms with Crippen molar-refractivity contribution in [3.8, 4) is 11.5 Å². The Hall–Kier alpha value is -5.35. The summed E-state index contributed by atoms with van der Waals surface area (Å²) in [7, 11) is 0. The highest BCUT2D eigenvalue weighted by molar-refractivity contribution is 7.07. The Morgan fingerprint density at radius 3 is 2.26 bits per heavy atom. The van der Waals surface area contributed by atoms with Crippen molar-refractivity contribution < 1.29 is 27.8 Å². The number of hydrogen-bond acceptors (Lipinski definition) is 7. The molecule has 0 aliphatic carbocycles. The number of benzene rings is 4. The highest BCUT2D eigenvalue weighted by Crippen LogP contribution is 2.35. The van der Waals surface area contributed by atoms with Crippen molar-refractivity contribution in [1.29, 1.82) is 0 Å². The van der Waals surface area contributed by atoms with Crippen molar-refractivity contribution in [2.75, 3.05) is 13.2 Å². The van der Waals surface area contributed by atoms with Crippen LogP contribution in [-0.2, 0) is 16.1 Å². The average molecular weight is 653 g/mol. The zero-order valence-corrected chi connectivity index (χ0v) is 26.4. The first-order chi connectivity index (χ1) is 22.9. The molecule has 0 N–H and O–H groups in total. The van der Waals surface area contributed by atoms with Crippen LogP contribution in [-0.4, -0.2) is 23.8 Å². The second kappa shape index (κ2) is 14.0. The van der Waals surface area contributed by atoms with Gasteiger partial charge < -0.3 is 14.2 Å². The van der Waals surface area contributed by atoms with E-state index in [1.807, 2.05) is 37.3 Å². The molecule has 238 valence electrons. The lowest BCUT2D eigenvalue weighted by Crippen LogP contribution is -2.40. The predicted molar refractivity (Wildman–Crippen MR) is 176 cm³/mol. The van der Waals surface area contributed by atoms with E-state index in [0.29, 0.717) is 49.8 Å². The van der Waals surface area contributed by atoms with E-state index in [1.165, 1.54) is 40.2 Å². The number of halogens is 2. The van der Waals surface area contributed by atoms with E-state index < -0.39 is 17.8 Å². The Bertz CT molecular complexity index is 2120. The number of thiazole rings is 1. The normalized spacial score (nSPS) is 14.4. The van der Waals surface area contributed by atoms with Gasteiger partial charge >= 0.3 is 5.97 Å². The maximum absolute atomic E-state index is 14.1. The molecule has 0 saturated heterocycles. The van der Waals surface area contributed by atoms with Crippen molar-refractivity contribution in [3.05, 3.63) is 156 Å². The third-order valence-corrected chi connectivity index (χ3v) is 8.42. The van der Waals surface area contributed by atoms with Crippen molar-refractivity contribution in [2.24, 2.45) is 4.99 Å². The molecule has 2 heterocycles. The SMILES string of the molecule is CCOC(=O)C1=C(c2ccccc2)N=c2s/c(=C\c3ccc(OCc4ccc(F)cc4)c(OCC)c3)c(=O)n2[C@H]1c1ccc(F)cc1. The Labute approximate surface area is 273 Å². The topological polar surface area (TPSA) is 79.1 Å². The number of carbonyl (C=O) groups is 1. The Kier molecular flexibility index (Phi) is 9.40. The summed E-state index contributed by atoms with van der Waals surface area (Å²) >= 11 is 1.18. The fourth-order valence-corrected chi connectivity index (χ4v) is 6.30. The van der Waals surface area contributed by atoms with Crippen LogP contribution >= 0.6 is 11.3 Å². The maximum Gasteiger partial charge on any atom is 0.338 e. The van der Waals surface area contributed by atoms with Crippen LogP contribution in [0.2, 0.25) is 0 Å². The Morgan fingerprint density at radius 2 is 1.57 bits per heavy atom. The van der Waals surface area contributed by atoms with Gasteiger partial charge in [-0.05, 0) is 73.0 Å². The van der Waals surface area contributed by atoms with Crippen molar-refractivity contribution in [2.45, 2.75) is 26.5 Å². The smallest absolute Gasteiger partial charge is 0.338 e. The van der Waals surface area contributed by atoms with Crippen LogP contribution in [0.4, 0.5) is 8.78 Å². The number of fused-ring (bicyclic) bond motifs is 1. The molecule has 1 aliphatic heterocycles. The highest BCUT2D eigenvalue weighted by atomic mass is 32.1. The van der Waals surface area contributed by atoms with Gasteiger partial charge in [0.05, 0.1) is 35.1 Å². The molecule has 7 nitrogen and oxygen atoms in total. The minimum atomic E-state index is -0.913. The molecule has 4 aromatic carbocycles. The molecule has 1 atom stereocenters. The number of rotatable bonds is 10. The monoisotopic (exact) mass is 652 g/mol. The molecule has 1 aliphatic rings. The Balaban J connectivity index is 1.47. The fraction of sp³-hybridized carbons (Fsp3) is 0.162. The summed E-state index contributed by atoms with van der Waals surface area (Å²) in [5, 5.41) is 0. The number of hydrogen-bond donors (Lipinski definition) is 0. The van der Waals surface area contributed by atoms with Crippen LogP contribution in [0.15, 0.2) is 112 Å². The minimum Gasteiger partial charge on any atom is -0.490 e. The number of carbonyl (C=O) groups excluding carboxylic acids is 1. The number of aromatic nitrogens is 1. The van der Waals surface area contributed by atoms with Gasteiger partial charge in [-0.2, -0.15) is 0 Å². The number of esters is 1. The molecule has 6 rings (SSSR count). The second-order valence-corrected chi connectivity index (χ2v) is 11.5. The standard InChI is InChI=1S/C37H30F2N2O5S/c1-3-44-30-20-24(12-19-29(30)46-22-23-10-15-27(38)16-11-23)21-31-35(42)41-34(26-13-17-28(39)18-14-26)32(36(43)45-4-2)33(40-37(41)47-31)25-8-6-5-7-9-25/h5-21,34H,3-4,22H2,1-2H3/b31-21-/t34-/m0/s1. The van der Waals surface area contributed by atoms with Crippen LogP contribution in [0.5, 0.6) is 11.5 Å². The molecule has 0 amide bonds. The largest absolute Gasteiger partial charge is 0.490 e. The average Bonchev–Trinajstić information content (AvgIpc) is 3.39. The number of ether oxygens (including phenoxy) is 3. The molecule has 10 heteroatoms. The summed E-state index contributed by atoms with van der Waals surface area (Å²) in [5.41, 5.74) is 2.89. The number of nitrogens with zero attached hydrogens (tertiary/aromatic N) is 2. The molecule has 0 unspecified atom stereocenters. The van der Waals surface area contributed by atoms with E-state index in [9.17, 15) is 18.4 Å². The minimum absolute atomic E-state index is 0.122. The van der Waals surface area contributed by atoms with Crippen LogP contribution in [0, 0.1) is 11.6 Å². The van der Waals surface area contributed by atoms with E-state index in [1.54, 1.807) is 55.5 Å². The molecule has 0 fully saturated rings. The molecule has 5 aromatic rings. The molecule has 1 aromatic heterocycles. The van der Waals surface area contributed by atoms with Crippen LogP contribution in [0.25, 0.3) is 11.8 Å². The third kappa shape index (κ3) is 6.78. The molecular weight excluding hydrogens is 622 g/mol. The first kappa shape index (κ1) is 31.6. The Morgan fingerprint density at radius 1 is 0.872 bits per heavy atom. The van der Waals surface area contributed by atoms with Gasteiger partial charge in [0.15, 0.2) is 16.3 Å². The van der Waals surface area contributed by atoms with Gasteiger partial charge in [-0.15, -0.1) is 0 Å². The van der Waals surface area contributed by atoms with Gasteiger partial charge in [-0.1, -0.05) is 72.0 Å². The maximum atomic E-state index is 14.1. The van der Waals surface area contributed by atoms with Gasteiger partial charge in [-0.3, -0.25) is 9.36 Å².